The molecule has 2 heterocycles. The topological polar surface area (TPSA) is 113 Å². The van der Waals surface area contributed by atoms with Gasteiger partial charge in [-0.2, -0.15) is 12.7 Å². The third-order valence-corrected chi connectivity index (χ3v) is 6.41. The summed E-state index contributed by atoms with van der Waals surface area (Å²) in [5.74, 6) is -0.992. The number of nitrogens with one attached hydrogen (secondary N) is 1. The smallest absolute Gasteiger partial charge is 0.301 e. The molecule has 1 unspecified atom stereocenters. The number of benzene rings is 2. The quantitative estimate of drug-likeness (QED) is 0.473. The second-order valence-electron chi connectivity index (χ2n) is 7.24. The molecule has 0 aliphatic carbocycles. The van der Waals surface area contributed by atoms with E-state index in [1.807, 2.05) is 18.2 Å². The van der Waals surface area contributed by atoms with E-state index in [-0.39, 0.29) is 31.2 Å². The normalized spacial score (nSPS) is 16.7. The van der Waals surface area contributed by atoms with Crippen LogP contribution in [0.3, 0.4) is 0 Å². The monoisotopic (exact) mass is 463 g/mol. The molecule has 1 atom stereocenters. The van der Waals surface area contributed by atoms with Gasteiger partial charge in [0.2, 0.25) is 5.88 Å². The van der Waals surface area contributed by atoms with Crippen LogP contribution in [0.25, 0.3) is 0 Å². The molecular formula is C21H22FN3O6S. The molecule has 0 radical (unpaired) electrons. The van der Waals surface area contributed by atoms with Gasteiger partial charge in [-0.1, -0.05) is 30.3 Å². The number of aromatic hydroxyl groups is 2. The standard InChI is InChI=1S/C21H22FN3O6S/c22-16-6-8-17(9-7-16)31-18-10-11-24(13-18)32(28,29)23-19-12-20(26)25(21(19)27)30-14-15-4-2-1-3-5-15/h1-9,12,18,23,26-27H,10-11,13-14H2. The van der Waals surface area contributed by atoms with Gasteiger partial charge in [0.05, 0.1) is 6.54 Å². The average molecular weight is 463 g/mol. The molecular weight excluding hydrogens is 441 g/mol. The van der Waals surface area contributed by atoms with Crippen molar-refractivity contribution in [2.24, 2.45) is 0 Å². The molecule has 4 rings (SSSR count). The van der Waals surface area contributed by atoms with Crippen LogP contribution in [-0.2, 0) is 16.8 Å². The van der Waals surface area contributed by atoms with Crippen LogP contribution >= 0.6 is 0 Å². The van der Waals surface area contributed by atoms with Gasteiger partial charge in [0.15, 0.2) is 0 Å². The molecule has 2 aromatic carbocycles. The summed E-state index contributed by atoms with van der Waals surface area (Å²) in [5.41, 5.74) is 0.574. The molecule has 1 aliphatic heterocycles. The summed E-state index contributed by atoms with van der Waals surface area (Å²) in [7, 11) is -4.03. The first-order valence-corrected chi connectivity index (χ1v) is 11.3. The maximum Gasteiger partial charge on any atom is 0.301 e. The minimum Gasteiger partial charge on any atom is -0.492 e. The van der Waals surface area contributed by atoms with E-state index >= 15 is 0 Å². The first-order chi connectivity index (χ1) is 15.3. The fourth-order valence-corrected chi connectivity index (χ4v) is 4.57. The van der Waals surface area contributed by atoms with E-state index < -0.39 is 28.1 Å². The van der Waals surface area contributed by atoms with Crippen molar-refractivity contribution in [2.75, 3.05) is 17.8 Å². The van der Waals surface area contributed by atoms with Crippen LogP contribution in [0.1, 0.15) is 12.0 Å². The predicted molar refractivity (Wildman–Crippen MR) is 114 cm³/mol. The Balaban J connectivity index is 1.39. The van der Waals surface area contributed by atoms with Gasteiger partial charge >= 0.3 is 10.2 Å². The van der Waals surface area contributed by atoms with Crippen molar-refractivity contribution in [3.63, 3.8) is 0 Å². The van der Waals surface area contributed by atoms with E-state index in [2.05, 4.69) is 4.72 Å². The van der Waals surface area contributed by atoms with Gasteiger partial charge in [-0.25, -0.2) is 4.39 Å². The minimum absolute atomic E-state index is 0.0529. The first kappa shape index (κ1) is 21.8. The van der Waals surface area contributed by atoms with E-state index in [1.54, 1.807) is 12.1 Å². The van der Waals surface area contributed by atoms with Gasteiger partial charge in [-0.05, 0) is 36.2 Å². The molecule has 1 saturated heterocycles. The fourth-order valence-electron chi connectivity index (χ4n) is 3.31. The Bertz CT molecular complexity index is 1170. The molecule has 1 aliphatic rings. The zero-order chi connectivity index (χ0) is 22.7. The number of anilines is 1. The van der Waals surface area contributed by atoms with Crippen LogP contribution in [0.5, 0.6) is 17.5 Å². The van der Waals surface area contributed by atoms with Gasteiger partial charge in [0.25, 0.3) is 5.88 Å². The molecule has 170 valence electrons. The van der Waals surface area contributed by atoms with Gasteiger partial charge in [-0.3, -0.25) is 4.72 Å². The molecule has 0 amide bonds. The van der Waals surface area contributed by atoms with Crippen LogP contribution in [0.2, 0.25) is 0 Å². The van der Waals surface area contributed by atoms with Gasteiger partial charge in [0.1, 0.15) is 30.0 Å². The highest BCUT2D eigenvalue weighted by molar-refractivity contribution is 7.90. The van der Waals surface area contributed by atoms with Gasteiger partial charge in [-0.15, -0.1) is 4.73 Å². The predicted octanol–water partition coefficient (Wildman–Crippen LogP) is 2.48. The summed E-state index contributed by atoms with van der Waals surface area (Å²) >= 11 is 0. The highest BCUT2D eigenvalue weighted by Crippen LogP contribution is 2.33. The van der Waals surface area contributed by atoms with E-state index in [0.717, 1.165) is 16.4 Å². The van der Waals surface area contributed by atoms with Crippen molar-refractivity contribution >= 4 is 15.9 Å². The number of hydrogen-bond acceptors (Lipinski definition) is 6. The van der Waals surface area contributed by atoms with Gasteiger partial charge < -0.3 is 19.8 Å². The molecule has 0 bridgehead atoms. The molecule has 32 heavy (non-hydrogen) atoms. The van der Waals surface area contributed by atoms with E-state index in [1.165, 1.54) is 28.6 Å². The van der Waals surface area contributed by atoms with Crippen molar-refractivity contribution in [3.8, 4) is 17.5 Å². The summed E-state index contributed by atoms with van der Waals surface area (Å²) in [6.07, 6.45) is 0.0364. The lowest BCUT2D eigenvalue weighted by Crippen LogP contribution is -2.35. The van der Waals surface area contributed by atoms with Crippen molar-refractivity contribution < 1.29 is 32.6 Å². The molecule has 1 fully saturated rings. The van der Waals surface area contributed by atoms with Crippen molar-refractivity contribution in [3.05, 3.63) is 72.0 Å². The lowest BCUT2D eigenvalue weighted by molar-refractivity contribution is 0.0647. The number of aromatic nitrogens is 1. The lowest BCUT2D eigenvalue weighted by atomic mass is 10.2. The third-order valence-electron chi connectivity index (χ3n) is 4.92. The Hall–Kier alpha value is -3.44. The van der Waals surface area contributed by atoms with Crippen LogP contribution < -0.4 is 14.3 Å². The molecule has 3 N–H and O–H groups in total. The summed E-state index contributed by atoms with van der Waals surface area (Å²) in [6, 6.07) is 15.6. The van der Waals surface area contributed by atoms with Crippen LogP contribution in [-0.4, -0.2) is 46.9 Å². The lowest BCUT2D eigenvalue weighted by Gasteiger charge is -2.18. The molecule has 3 aromatic rings. The van der Waals surface area contributed by atoms with E-state index in [9.17, 15) is 23.0 Å². The van der Waals surface area contributed by atoms with Crippen LogP contribution in [0, 0.1) is 5.82 Å². The molecule has 1 aromatic heterocycles. The number of ether oxygens (including phenoxy) is 1. The zero-order valence-electron chi connectivity index (χ0n) is 16.9. The first-order valence-electron chi connectivity index (χ1n) is 9.83. The summed E-state index contributed by atoms with van der Waals surface area (Å²) < 4.78 is 48.4. The van der Waals surface area contributed by atoms with E-state index in [4.69, 9.17) is 9.57 Å². The Kier molecular flexibility index (Phi) is 6.10. The second kappa shape index (κ2) is 8.97. The number of nitrogens with zero attached hydrogens (tertiary/aromatic N) is 2. The number of rotatable bonds is 8. The number of halogens is 1. The second-order valence-corrected chi connectivity index (χ2v) is 8.91. The summed E-state index contributed by atoms with van der Waals surface area (Å²) in [5, 5.41) is 20.4. The average Bonchev–Trinajstić information content (AvgIpc) is 3.34. The summed E-state index contributed by atoms with van der Waals surface area (Å²) in [6.45, 7) is 0.321. The number of hydrogen-bond donors (Lipinski definition) is 3. The largest absolute Gasteiger partial charge is 0.492 e. The highest BCUT2D eigenvalue weighted by atomic mass is 32.2. The van der Waals surface area contributed by atoms with Crippen LogP contribution in [0.4, 0.5) is 10.1 Å². The maximum atomic E-state index is 13.0. The maximum absolute atomic E-state index is 13.0. The Morgan fingerprint density at radius 1 is 1.09 bits per heavy atom. The Morgan fingerprint density at radius 2 is 1.81 bits per heavy atom. The molecule has 9 nitrogen and oxygen atoms in total. The van der Waals surface area contributed by atoms with Crippen molar-refractivity contribution in [1.29, 1.82) is 0 Å². The third kappa shape index (κ3) is 4.89. The molecule has 11 heteroatoms. The fraction of sp³-hybridized carbons (Fsp3) is 0.238. The molecule has 0 saturated carbocycles. The van der Waals surface area contributed by atoms with Crippen molar-refractivity contribution in [1.82, 2.24) is 9.04 Å². The summed E-state index contributed by atoms with van der Waals surface area (Å²) in [4.78, 5) is 5.39. The Morgan fingerprint density at radius 3 is 2.53 bits per heavy atom. The molecule has 0 spiro atoms. The van der Waals surface area contributed by atoms with Crippen LogP contribution in [0.15, 0.2) is 60.7 Å². The highest BCUT2D eigenvalue weighted by Gasteiger charge is 2.34. The Labute approximate surface area is 184 Å². The zero-order valence-corrected chi connectivity index (χ0v) is 17.7. The van der Waals surface area contributed by atoms with Crippen molar-refractivity contribution in [2.45, 2.75) is 19.1 Å². The SMILES string of the molecule is O=S(=O)(Nc1cc(O)n(OCc2ccccc2)c1O)N1CCC(Oc2ccc(F)cc2)C1. The van der Waals surface area contributed by atoms with Gasteiger partial charge in [0, 0.05) is 12.6 Å². The van der Waals surface area contributed by atoms with E-state index in [0.29, 0.717) is 12.2 Å². The minimum atomic E-state index is -4.03.